The SMILES string of the molecule is COc1ccccc1CCC(=O)NCc1ccccc1Cl. The molecule has 0 unspecified atom stereocenters. The fourth-order valence-corrected chi connectivity index (χ4v) is 2.28. The monoisotopic (exact) mass is 303 g/mol. The molecule has 0 heterocycles. The molecule has 0 saturated heterocycles. The molecule has 2 rings (SSSR count). The number of ether oxygens (including phenoxy) is 1. The van der Waals surface area contributed by atoms with E-state index in [1.54, 1.807) is 7.11 Å². The Balaban J connectivity index is 1.84. The smallest absolute Gasteiger partial charge is 0.220 e. The second-order valence-corrected chi connectivity index (χ2v) is 5.09. The average molecular weight is 304 g/mol. The molecule has 0 fully saturated rings. The first-order valence-corrected chi connectivity index (χ1v) is 7.20. The van der Waals surface area contributed by atoms with Crippen molar-refractivity contribution in [3.8, 4) is 5.75 Å². The molecular weight excluding hydrogens is 286 g/mol. The van der Waals surface area contributed by atoms with Gasteiger partial charge in [-0.1, -0.05) is 48.0 Å². The first-order chi connectivity index (χ1) is 10.2. The number of amides is 1. The summed E-state index contributed by atoms with van der Waals surface area (Å²) in [6.07, 6.45) is 1.07. The maximum Gasteiger partial charge on any atom is 0.220 e. The summed E-state index contributed by atoms with van der Waals surface area (Å²) in [6, 6.07) is 15.2. The van der Waals surface area contributed by atoms with E-state index >= 15 is 0 Å². The van der Waals surface area contributed by atoms with Crippen molar-refractivity contribution < 1.29 is 9.53 Å². The molecule has 0 aliphatic heterocycles. The van der Waals surface area contributed by atoms with Crippen molar-refractivity contribution in [2.75, 3.05) is 7.11 Å². The molecule has 110 valence electrons. The van der Waals surface area contributed by atoms with Crippen LogP contribution in [0.2, 0.25) is 5.02 Å². The second-order valence-electron chi connectivity index (χ2n) is 4.68. The topological polar surface area (TPSA) is 38.3 Å². The number of hydrogen-bond donors (Lipinski definition) is 1. The maximum atomic E-state index is 11.9. The number of aryl methyl sites for hydroxylation is 1. The number of rotatable bonds is 6. The van der Waals surface area contributed by atoms with Crippen LogP contribution >= 0.6 is 11.6 Å². The Morgan fingerprint density at radius 1 is 1.10 bits per heavy atom. The zero-order valence-electron chi connectivity index (χ0n) is 11.9. The van der Waals surface area contributed by atoms with E-state index < -0.39 is 0 Å². The number of carbonyl (C=O) groups excluding carboxylic acids is 1. The molecule has 0 aromatic heterocycles. The summed E-state index contributed by atoms with van der Waals surface area (Å²) in [4.78, 5) is 11.9. The highest BCUT2D eigenvalue weighted by atomic mass is 35.5. The minimum atomic E-state index is 0.000765. The number of methoxy groups -OCH3 is 1. The minimum Gasteiger partial charge on any atom is -0.496 e. The Labute approximate surface area is 129 Å². The third-order valence-corrected chi connectivity index (χ3v) is 3.62. The Hall–Kier alpha value is -2.00. The molecule has 4 heteroatoms. The third kappa shape index (κ3) is 4.50. The molecule has 0 aliphatic rings. The van der Waals surface area contributed by atoms with E-state index in [-0.39, 0.29) is 5.91 Å². The fraction of sp³-hybridized carbons (Fsp3) is 0.235. The second kappa shape index (κ2) is 7.70. The van der Waals surface area contributed by atoms with Gasteiger partial charge in [0, 0.05) is 18.0 Å². The molecule has 21 heavy (non-hydrogen) atoms. The van der Waals surface area contributed by atoms with Crippen LogP contribution in [-0.4, -0.2) is 13.0 Å². The van der Waals surface area contributed by atoms with Gasteiger partial charge in [0.15, 0.2) is 0 Å². The molecule has 1 N–H and O–H groups in total. The van der Waals surface area contributed by atoms with Crippen molar-refractivity contribution in [3.63, 3.8) is 0 Å². The van der Waals surface area contributed by atoms with E-state index in [4.69, 9.17) is 16.3 Å². The zero-order valence-corrected chi connectivity index (χ0v) is 12.7. The molecule has 0 spiro atoms. The summed E-state index contributed by atoms with van der Waals surface area (Å²) in [6.45, 7) is 0.449. The predicted molar refractivity (Wildman–Crippen MR) is 84.6 cm³/mol. The van der Waals surface area contributed by atoms with Gasteiger partial charge in [-0.2, -0.15) is 0 Å². The van der Waals surface area contributed by atoms with Crippen molar-refractivity contribution in [2.45, 2.75) is 19.4 Å². The van der Waals surface area contributed by atoms with Crippen LogP contribution in [0.15, 0.2) is 48.5 Å². The third-order valence-electron chi connectivity index (χ3n) is 3.25. The van der Waals surface area contributed by atoms with Crippen LogP contribution in [0, 0.1) is 0 Å². The van der Waals surface area contributed by atoms with E-state index in [0.29, 0.717) is 24.4 Å². The van der Waals surface area contributed by atoms with E-state index in [1.807, 2.05) is 48.5 Å². The lowest BCUT2D eigenvalue weighted by atomic mass is 10.1. The van der Waals surface area contributed by atoms with Crippen LogP contribution in [0.25, 0.3) is 0 Å². The summed E-state index contributed by atoms with van der Waals surface area (Å²) in [5.41, 5.74) is 1.96. The molecular formula is C17H18ClNO2. The molecule has 1 amide bonds. The summed E-state index contributed by atoms with van der Waals surface area (Å²) < 4.78 is 5.27. The van der Waals surface area contributed by atoms with Crippen LogP contribution in [0.1, 0.15) is 17.5 Å². The van der Waals surface area contributed by atoms with Gasteiger partial charge in [0.2, 0.25) is 5.91 Å². The van der Waals surface area contributed by atoms with E-state index in [0.717, 1.165) is 16.9 Å². The van der Waals surface area contributed by atoms with Crippen molar-refractivity contribution in [3.05, 3.63) is 64.7 Å². The normalized spacial score (nSPS) is 10.2. The highest BCUT2D eigenvalue weighted by molar-refractivity contribution is 6.31. The van der Waals surface area contributed by atoms with Crippen LogP contribution in [0.4, 0.5) is 0 Å². The highest BCUT2D eigenvalue weighted by Crippen LogP contribution is 2.19. The lowest BCUT2D eigenvalue weighted by Crippen LogP contribution is -2.23. The molecule has 3 nitrogen and oxygen atoms in total. The quantitative estimate of drug-likeness (QED) is 0.885. The molecule has 2 aromatic carbocycles. The number of halogens is 1. The summed E-state index contributed by atoms with van der Waals surface area (Å²) in [5, 5.41) is 3.55. The van der Waals surface area contributed by atoms with Crippen molar-refractivity contribution in [1.82, 2.24) is 5.32 Å². The van der Waals surface area contributed by atoms with Gasteiger partial charge in [-0.05, 0) is 29.7 Å². The van der Waals surface area contributed by atoms with Crippen LogP contribution in [0.5, 0.6) is 5.75 Å². The molecule has 0 aliphatic carbocycles. The van der Waals surface area contributed by atoms with Gasteiger partial charge in [0.1, 0.15) is 5.75 Å². The first-order valence-electron chi connectivity index (χ1n) is 6.82. The Kier molecular flexibility index (Phi) is 5.64. The van der Waals surface area contributed by atoms with Gasteiger partial charge in [-0.25, -0.2) is 0 Å². The Bertz CT molecular complexity index is 613. The summed E-state index contributed by atoms with van der Waals surface area (Å²) >= 11 is 6.05. The number of para-hydroxylation sites is 1. The van der Waals surface area contributed by atoms with Crippen molar-refractivity contribution in [1.29, 1.82) is 0 Å². The highest BCUT2D eigenvalue weighted by Gasteiger charge is 2.07. The van der Waals surface area contributed by atoms with E-state index in [1.165, 1.54) is 0 Å². The van der Waals surface area contributed by atoms with Gasteiger partial charge in [-0.3, -0.25) is 4.79 Å². The molecule has 0 saturated carbocycles. The van der Waals surface area contributed by atoms with Crippen LogP contribution in [0.3, 0.4) is 0 Å². The van der Waals surface area contributed by atoms with Crippen LogP contribution in [-0.2, 0) is 17.8 Å². The first kappa shape index (κ1) is 15.4. The van der Waals surface area contributed by atoms with Crippen LogP contribution < -0.4 is 10.1 Å². The Morgan fingerprint density at radius 3 is 2.48 bits per heavy atom. The van der Waals surface area contributed by atoms with Gasteiger partial charge in [0.25, 0.3) is 0 Å². The fourth-order valence-electron chi connectivity index (χ4n) is 2.08. The zero-order chi connectivity index (χ0) is 15.1. The minimum absolute atomic E-state index is 0.000765. The van der Waals surface area contributed by atoms with Gasteiger partial charge < -0.3 is 10.1 Å². The largest absolute Gasteiger partial charge is 0.496 e. The van der Waals surface area contributed by atoms with E-state index in [9.17, 15) is 4.79 Å². The summed E-state index contributed by atoms with van der Waals surface area (Å²) in [7, 11) is 1.64. The average Bonchev–Trinajstić information content (AvgIpc) is 2.52. The number of benzene rings is 2. The molecule has 0 radical (unpaired) electrons. The number of hydrogen-bond acceptors (Lipinski definition) is 2. The molecule has 0 bridgehead atoms. The Morgan fingerprint density at radius 2 is 1.76 bits per heavy atom. The summed E-state index contributed by atoms with van der Waals surface area (Å²) in [5.74, 6) is 0.817. The van der Waals surface area contributed by atoms with E-state index in [2.05, 4.69) is 5.32 Å². The molecule has 2 aromatic rings. The van der Waals surface area contributed by atoms with Gasteiger partial charge >= 0.3 is 0 Å². The molecule has 0 atom stereocenters. The van der Waals surface area contributed by atoms with Crippen molar-refractivity contribution >= 4 is 17.5 Å². The maximum absolute atomic E-state index is 11.9. The number of nitrogens with one attached hydrogen (secondary N) is 1. The van der Waals surface area contributed by atoms with Gasteiger partial charge in [-0.15, -0.1) is 0 Å². The van der Waals surface area contributed by atoms with Gasteiger partial charge in [0.05, 0.1) is 7.11 Å². The lowest BCUT2D eigenvalue weighted by molar-refractivity contribution is -0.121. The standard InChI is InChI=1S/C17H18ClNO2/c1-21-16-9-5-3-6-13(16)10-11-17(20)19-12-14-7-2-4-8-15(14)18/h2-9H,10-12H2,1H3,(H,19,20). The predicted octanol–water partition coefficient (Wildman–Crippen LogP) is 3.60. The number of carbonyl (C=O) groups is 1. The lowest BCUT2D eigenvalue weighted by Gasteiger charge is -2.09. The van der Waals surface area contributed by atoms with Crippen molar-refractivity contribution in [2.24, 2.45) is 0 Å².